The lowest BCUT2D eigenvalue weighted by Crippen LogP contribution is -2.14. The van der Waals surface area contributed by atoms with E-state index in [9.17, 15) is 9.59 Å². The molecule has 0 saturated carbocycles. The molecule has 0 saturated heterocycles. The molecule has 2 N–H and O–H groups in total. The zero-order chi connectivity index (χ0) is 21.3. The van der Waals surface area contributed by atoms with E-state index in [0.717, 1.165) is 6.42 Å². The standard InChI is InChI=1S/C25H26N2O3/c1-18(2)14-15-30-23-13-7-9-20(17-23)25(29)27-22-12-6-8-19(16-22)24(28)26-21-10-4-3-5-11-21/h3-13,16-18H,14-15H2,1-2H3,(H,26,28)(H,27,29). The van der Waals surface area contributed by atoms with E-state index < -0.39 is 0 Å². The molecule has 0 fully saturated rings. The monoisotopic (exact) mass is 402 g/mol. The molecule has 0 unspecified atom stereocenters. The van der Waals surface area contributed by atoms with Gasteiger partial charge in [-0.1, -0.05) is 44.2 Å². The second kappa shape index (κ2) is 10.3. The van der Waals surface area contributed by atoms with Crippen LogP contribution in [0.3, 0.4) is 0 Å². The van der Waals surface area contributed by atoms with Gasteiger partial charge in [0.2, 0.25) is 0 Å². The molecular formula is C25H26N2O3. The smallest absolute Gasteiger partial charge is 0.255 e. The predicted molar refractivity (Wildman–Crippen MR) is 120 cm³/mol. The Balaban J connectivity index is 1.64. The molecule has 0 atom stereocenters. The van der Waals surface area contributed by atoms with Gasteiger partial charge in [0, 0.05) is 22.5 Å². The van der Waals surface area contributed by atoms with E-state index in [1.807, 2.05) is 36.4 Å². The molecule has 30 heavy (non-hydrogen) atoms. The first kappa shape index (κ1) is 21.1. The minimum Gasteiger partial charge on any atom is -0.494 e. The summed E-state index contributed by atoms with van der Waals surface area (Å²) in [5.41, 5.74) is 2.22. The number of anilines is 2. The van der Waals surface area contributed by atoms with Crippen LogP contribution in [0.2, 0.25) is 0 Å². The number of amides is 2. The van der Waals surface area contributed by atoms with Gasteiger partial charge in [0.15, 0.2) is 0 Å². The van der Waals surface area contributed by atoms with Crippen molar-refractivity contribution in [3.05, 3.63) is 90.0 Å². The van der Waals surface area contributed by atoms with E-state index in [1.165, 1.54) is 0 Å². The van der Waals surface area contributed by atoms with Gasteiger partial charge in [0.25, 0.3) is 11.8 Å². The highest BCUT2D eigenvalue weighted by atomic mass is 16.5. The van der Waals surface area contributed by atoms with Crippen molar-refractivity contribution in [3.63, 3.8) is 0 Å². The summed E-state index contributed by atoms with van der Waals surface area (Å²) >= 11 is 0. The highest BCUT2D eigenvalue weighted by Crippen LogP contribution is 2.18. The van der Waals surface area contributed by atoms with Crippen molar-refractivity contribution in [2.75, 3.05) is 17.2 Å². The van der Waals surface area contributed by atoms with Crippen molar-refractivity contribution in [3.8, 4) is 5.75 Å². The van der Waals surface area contributed by atoms with Crippen LogP contribution >= 0.6 is 0 Å². The molecule has 3 aromatic carbocycles. The fourth-order valence-electron chi connectivity index (χ4n) is 2.81. The maximum absolute atomic E-state index is 12.7. The van der Waals surface area contributed by atoms with Crippen LogP contribution in [-0.4, -0.2) is 18.4 Å². The maximum atomic E-state index is 12.7. The average Bonchev–Trinajstić information content (AvgIpc) is 2.74. The second-order valence-corrected chi connectivity index (χ2v) is 7.41. The molecule has 0 aliphatic carbocycles. The van der Waals surface area contributed by atoms with Gasteiger partial charge >= 0.3 is 0 Å². The molecule has 0 bridgehead atoms. The Bertz CT molecular complexity index is 1000. The fourth-order valence-corrected chi connectivity index (χ4v) is 2.81. The molecule has 5 heteroatoms. The van der Waals surface area contributed by atoms with Gasteiger partial charge in [-0.2, -0.15) is 0 Å². The number of hydrogen-bond donors (Lipinski definition) is 2. The van der Waals surface area contributed by atoms with Crippen LogP contribution in [0.1, 0.15) is 41.0 Å². The zero-order valence-corrected chi connectivity index (χ0v) is 17.2. The van der Waals surface area contributed by atoms with Gasteiger partial charge in [0.1, 0.15) is 5.75 Å². The SMILES string of the molecule is CC(C)CCOc1cccc(C(=O)Nc2cccc(C(=O)Nc3ccccc3)c2)c1. The highest BCUT2D eigenvalue weighted by molar-refractivity contribution is 6.07. The number of hydrogen-bond acceptors (Lipinski definition) is 3. The van der Waals surface area contributed by atoms with E-state index in [-0.39, 0.29) is 11.8 Å². The Hall–Kier alpha value is -3.60. The summed E-state index contributed by atoms with van der Waals surface area (Å²) < 4.78 is 5.73. The molecule has 0 spiro atoms. The maximum Gasteiger partial charge on any atom is 0.255 e. The van der Waals surface area contributed by atoms with Crippen LogP contribution in [-0.2, 0) is 0 Å². The van der Waals surface area contributed by atoms with Crippen LogP contribution in [0, 0.1) is 5.92 Å². The highest BCUT2D eigenvalue weighted by Gasteiger charge is 2.11. The van der Waals surface area contributed by atoms with Gasteiger partial charge in [-0.3, -0.25) is 9.59 Å². The van der Waals surface area contributed by atoms with Crippen molar-refractivity contribution < 1.29 is 14.3 Å². The number of rotatable bonds is 8. The number of para-hydroxylation sites is 1. The summed E-state index contributed by atoms with van der Waals surface area (Å²) in [4.78, 5) is 25.1. The van der Waals surface area contributed by atoms with Gasteiger partial charge in [0.05, 0.1) is 6.61 Å². The van der Waals surface area contributed by atoms with E-state index in [0.29, 0.717) is 40.8 Å². The number of benzene rings is 3. The van der Waals surface area contributed by atoms with E-state index >= 15 is 0 Å². The van der Waals surface area contributed by atoms with Crippen molar-refractivity contribution in [1.82, 2.24) is 0 Å². The quantitative estimate of drug-likeness (QED) is 0.514. The third kappa shape index (κ3) is 6.21. The normalized spacial score (nSPS) is 10.5. The lowest BCUT2D eigenvalue weighted by Gasteiger charge is -2.11. The molecular weight excluding hydrogens is 376 g/mol. The second-order valence-electron chi connectivity index (χ2n) is 7.41. The van der Waals surface area contributed by atoms with Crippen LogP contribution < -0.4 is 15.4 Å². The molecule has 0 radical (unpaired) electrons. The first-order chi connectivity index (χ1) is 14.5. The van der Waals surface area contributed by atoms with Crippen molar-refractivity contribution >= 4 is 23.2 Å². The van der Waals surface area contributed by atoms with Crippen LogP contribution in [0.25, 0.3) is 0 Å². The topological polar surface area (TPSA) is 67.4 Å². The molecule has 3 rings (SSSR count). The Morgan fingerprint density at radius 3 is 2.07 bits per heavy atom. The first-order valence-electron chi connectivity index (χ1n) is 10.0. The van der Waals surface area contributed by atoms with E-state index in [1.54, 1.807) is 42.5 Å². The summed E-state index contributed by atoms with van der Waals surface area (Å²) in [5.74, 6) is 0.727. The van der Waals surface area contributed by atoms with Gasteiger partial charge < -0.3 is 15.4 Å². The molecule has 5 nitrogen and oxygen atoms in total. The minimum atomic E-state index is -0.259. The molecule has 0 heterocycles. The van der Waals surface area contributed by atoms with Crippen molar-refractivity contribution in [1.29, 1.82) is 0 Å². The summed E-state index contributed by atoms with van der Waals surface area (Å²) in [5, 5.41) is 5.68. The van der Waals surface area contributed by atoms with Crippen LogP contribution in [0.5, 0.6) is 5.75 Å². The van der Waals surface area contributed by atoms with Gasteiger partial charge in [-0.05, 0) is 60.9 Å². The zero-order valence-electron chi connectivity index (χ0n) is 17.2. The predicted octanol–water partition coefficient (Wildman–Crippen LogP) is 5.62. The molecule has 0 aliphatic rings. The summed E-state index contributed by atoms with van der Waals surface area (Å²) in [6, 6.07) is 23.2. The van der Waals surface area contributed by atoms with E-state index in [2.05, 4.69) is 24.5 Å². The van der Waals surface area contributed by atoms with Crippen molar-refractivity contribution in [2.24, 2.45) is 5.92 Å². The Morgan fingerprint density at radius 1 is 0.767 bits per heavy atom. The Morgan fingerprint density at radius 2 is 1.37 bits per heavy atom. The van der Waals surface area contributed by atoms with Crippen LogP contribution in [0.4, 0.5) is 11.4 Å². The van der Waals surface area contributed by atoms with Gasteiger partial charge in [-0.15, -0.1) is 0 Å². The number of nitrogens with one attached hydrogen (secondary N) is 2. The first-order valence-corrected chi connectivity index (χ1v) is 10.0. The molecule has 154 valence electrons. The summed E-state index contributed by atoms with van der Waals surface area (Å²) in [6.07, 6.45) is 0.953. The van der Waals surface area contributed by atoms with Crippen molar-refractivity contribution in [2.45, 2.75) is 20.3 Å². The Kier molecular flexibility index (Phi) is 7.22. The fraction of sp³-hybridized carbons (Fsp3) is 0.200. The minimum absolute atomic E-state index is 0.238. The molecule has 0 aromatic heterocycles. The third-order valence-corrected chi connectivity index (χ3v) is 4.47. The third-order valence-electron chi connectivity index (χ3n) is 4.47. The largest absolute Gasteiger partial charge is 0.494 e. The van der Waals surface area contributed by atoms with Crippen LogP contribution in [0.15, 0.2) is 78.9 Å². The lowest BCUT2D eigenvalue weighted by molar-refractivity contribution is 0.101. The number of carbonyl (C=O) groups excluding carboxylic acids is 2. The molecule has 2 amide bonds. The summed E-state index contributed by atoms with van der Waals surface area (Å²) in [6.45, 7) is 4.89. The Labute approximate surface area is 177 Å². The lowest BCUT2D eigenvalue weighted by atomic mass is 10.1. The molecule has 3 aromatic rings. The number of ether oxygens (including phenoxy) is 1. The number of carbonyl (C=O) groups is 2. The average molecular weight is 402 g/mol. The molecule has 0 aliphatic heterocycles. The van der Waals surface area contributed by atoms with E-state index in [4.69, 9.17) is 4.74 Å². The van der Waals surface area contributed by atoms with Gasteiger partial charge in [-0.25, -0.2) is 0 Å². The summed E-state index contributed by atoms with van der Waals surface area (Å²) in [7, 11) is 0.